The van der Waals surface area contributed by atoms with Crippen LogP contribution in [0.25, 0.3) is 21.6 Å². The maximum atomic E-state index is 9.23. The fourth-order valence-corrected chi connectivity index (χ4v) is 3.91. The summed E-state index contributed by atoms with van der Waals surface area (Å²) in [6, 6.07) is 4.63. The van der Waals surface area contributed by atoms with E-state index in [4.69, 9.17) is 0 Å². The van der Waals surface area contributed by atoms with Crippen molar-refractivity contribution in [1.29, 1.82) is 0 Å². The number of aromatic nitrogens is 3. The first-order valence-corrected chi connectivity index (χ1v) is 8.52. The molecule has 114 valence electrons. The van der Waals surface area contributed by atoms with Crippen LogP contribution in [0, 0.1) is 0 Å². The highest BCUT2D eigenvalue weighted by atomic mass is 32.1. The molecule has 0 atom stereocenters. The Morgan fingerprint density at radius 3 is 2.95 bits per heavy atom. The van der Waals surface area contributed by atoms with Gasteiger partial charge < -0.3 is 15.4 Å². The maximum absolute atomic E-state index is 9.23. The summed E-state index contributed by atoms with van der Waals surface area (Å²) in [6.07, 6.45) is 6.92. The fourth-order valence-electron chi connectivity index (χ4n) is 3.07. The molecule has 0 bridgehead atoms. The smallest absolute Gasteiger partial charge is 0.140 e. The molecule has 1 aliphatic carbocycles. The highest BCUT2D eigenvalue weighted by Crippen LogP contribution is 2.33. The number of anilines is 1. The van der Waals surface area contributed by atoms with Crippen LogP contribution in [0.4, 0.5) is 5.82 Å². The number of aliphatic hydroxyl groups is 1. The predicted molar refractivity (Wildman–Crippen MR) is 89.0 cm³/mol. The average Bonchev–Trinajstić information content (AvgIpc) is 3.27. The topological polar surface area (TPSA) is 73.8 Å². The van der Waals surface area contributed by atoms with Gasteiger partial charge in [0.2, 0.25) is 0 Å². The second-order valence-corrected chi connectivity index (χ2v) is 6.58. The third-order valence-electron chi connectivity index (χ3n) is 4.18. The summed E-state index contributed by atoms with van der Waals surface area (Å²) in [4.78, 5) is 12.4. The molecule has 3 heterocycles. The van der Waals surface area contributed by atoms with Gasteiger partial charge in [-0.15, -0.1) is 11.3 Å². The predicted octanol–water partition coefficient (Wildman–Crippen LogP) is 3.53. The number of aromatic amines is 1. The van der Waals surface area contributed by atoms with E-state index in [1.807, 2.05) is 17.6 Å². The largest absolute Gasteiger partial charge is 0.390 e. The highest BCUT2D eigenvalue weighted by molar-refractivity contribution is 7.13. The van der Waals surface area contributed by atoms with Gasteiger partial charge in [0.15, 0.2) is 0 Å². The minimum Gasteiger partial charge on any atom is -0.390 e. The van der Waals surface area contributed by atoms with E-state index < -0.39 is 0 Å². The molecule has 0 amide bonds. The second kappa shape index (κ2) is 5.70. The normalized spacial score (nSPS) is 15.7. The van der Waals surface area contributed by atoms with Gasteiger partial charge in [-0.25, -0.2) is 9.97 Å². The summed E-state index contributed by atoms with van der Waals surface area (Å²) >= 11 is 1.56. The molecule has 22 heavy (non-hydrogen) atoms. The van der Waals surface area contributed by atoms with Gasteiger partial charge >= 0.3 is 0 Å². The number of rotatable bonds is 4. The molecule has 1 fully saturated rings. The number of nitrogens with zero attached hydrogens (tertiary/aromatic N) is 2. The first-order chi connectivity index (χ1) is 10.8. The summed E-state index contributed by atoms with van der Waals surface area (Å²) in [5.41, 5.74) is 2.65. The molecule has 1 saturated carbocycles. The zero-order valence-corrected chi connectivity index (χ0v) is 13.0. The molecule has 5 nitrogen and oxygen atoms in total. The zero-order valence-electron chi connectivity index (χ0n) is 12.2. The van der Waals surface area contributed by atoms with E-state index in [-0.39, 0.29) is 6.61 Å². The molecule has 0 unspecified atom stereocenters. The Balaban J connectivity index is 1.76. The van der Waals surface area contributed by atoms with Crippen LogP contribution >= 0.6 is 11.3 Å². The van der Waals surface area contributed by atoms with Crippen LogP contribution in [0.15, 0.2) is 23.7 Å². The summed E-state index contributed by atoms with van der Waals surface area (Å²) in [6.45, 7) is -0.0228. The Morgan fingerprint density at radius 1 is 1.32 bits per heavy atom. The van der Waals surface area contributed by atoms with Gasteiger partial charge in [0.25, 0.3) is 0 Å². The van der Waals surface area contributed by atoms with Crippen molar-refractivity contribution in [1.82, 2.24) is 15.0 Å². The first kappa shape index (κ1) is 13.7. The van der Waals surface area contributed by atoms with E-state index in [1.54, 1.807) is 11.3 Å². The molecule has 0 aromatic carbocycles. The maximum Gasteiger partial charge on any atom is 0.140 e. The Bertz CT molecular complexity index is 788. The van der Waals surface area contributed by atoms with Gasteiger partial charge in [0.05, 0.1) is 12.3 Å². The van der Waals surface area contributed by atoms with Crippen LogP contribution in [0.3, 0.4) is 0 Å². The number of aliphatic hydroxyl groups excluding tert-OH is 1. The molecule has 0 spiro atoms. The first-order valence-electron chi connectivity index (χ1n) is 7.64. The molecule has 3 aromatic rings. The molecule has 1 aliphatic rings. The van der Waals surface area contributed by atoms with Gasteiger partial charge in [-0.1, -0.05) is 12.8 Å². The van der Waals surface area contributed by atoms with E-state index in [9.17, 15) is 5.11 Å². The average molecular weight is 314 g/mol. The van der Waals surface area contributed by atoms with Crippen LogP contribution in [0.1, 0.15) is 31.4 Å². The molecular weight excluding hydrogens is 296 g/mol. The van der Waals surface area contributed by atoms with Crippen molar-refractivity contribution < 1.29 is 5.11 Å². The van der Waals surface area contributed by atoms with Crippen LogP contribution in [0.2, 0.25) is 0 Å². The van der Waals surface area contributed by atoms with E-state index in [0.29, 0.717) is 11.7 Å². The van der Waals surface area contributed by atoms with E-state index in [1.165, 1.54) is 25.7 Å². The van der Waals surface area contributed by atoms with E-state index in [0.717, 1.165) is 27.4 Å². The quantitative estimate of drug-likeness (QED) is 0.688. The third-order valence-corrected chi connectivity index (χ3v) is 5.10. The Labute approximate surface area is 132 Å². The molecular formula is C16H18N4OS. The molecule has 0 saturated heterocycles. The van der Waals surface area contributed by atoms with Gasteiger partial charge in [0.1, 0.15) is 16.5 Å². The van der Waals surface area contributed by atoms with Crippen LogP contribution in [-0.4, -0.2) is 26.1 Å². The lowest BCUT2D eigenvalue weighted by Gasteiger charge is -2.13. The number of thiazole rings is 1. The van der Waals surface area contributed by atoms with Crippen molar-refractivity contribution in [2.45, 2.75) is 38.3 Å². The Hall–Kier alpha value is -1.92. The van der Waals surface area contributed by atoms with Crippen molar-refractivity contribution in [2.75, 3.05) is 5.32 Å². The third kappa shape index (κ3) is 2.48. The van der Waals surface area contributed by atoms with Crippen LogP contribution < -0.4 is 5.32 Å². The standard InChI is InChI=1S/C16H18N4OS/c21-8-11-9-22-16(19-11)13-7-14(18-10-3-1-2-4-10)20-15-12(13)5-6-17-15/h5-7,9-10,21H,1-4,8H2,(H2,17,18,20). The highest BCUT2D eigenvalue weighted by Gasteiger charge is 2.17. The number of pyridine rings is 1. The van der Waals surface area contributed by atoms with Crippen LogP contribution in [-0.2, 0) is 6.61 Å². The summed E-state index contributed by atoms with van der Waals surface area (Å²) in [5, 5.41) is 16.7. The minimum absolute atomic E-state index is 0.0228. The monoisotopic (exact) mass is 314 g/mol. The fraction of sp³-hybridized carbons (Fsp3) is 0.375. The van der Waals surface area contributed by atoms with Crippen molar-refractivity contribution in [3.05, 3.63) is 29.4 Å². The number of H-pyrrole nitrogens is 1. The van der Waals surface area contributed by atoms with E-state index >= 15 is 0 Å². The molecule has 0 aliphatic heterocycles. The number of hydrogen-bond donors (Lipinski definition) is 3. The molecule has 3 N–H and O–H groups in total. The van der Waals surface area contributed by atoms with Gasteiger partial charge in [-0.3, -0.25) is 0 Å². The zero-order chi connectivity index (χ0) is 14.9. The SMILES string of the molecule is OCc1csc(-c2cc(NC3CCCC3)nc3[nH]ccc23)n1. The molecule has 6 heteroatoms. The Kier molecular flexibility index (Phi) is 3.56. The summed E-state index contributed by atoms with van der Waals surface area (Å²) < 4.78 is 0. The number of hydrogen-bond acceptors (Lipinski definition) is 5. The van der Waals surface area contributed by atoms with Crippen molar-refractivity contribution in [3.8, 4) is 10.6 Å². The van der Waals surface area contributed by atoms with Crippen LogP contribution in [0.5, 0.6) is 0 Å². The molecule has 3 aromatic heterocycles. The van der Waals surface area contributed by atoms with Gasteiger partial charge in [0, 0.05) is 28.6 Å². The molecule has 4 rings (SSSR count). The Morgan fingerprint density at radius 2 is 2.18 bits per heavy atom. The lowest BCUT2D eigenvalue weighted by Crippen LogP contribution is -2.15. The number of nitrogens with one attached hydrogen (secondary N) is 2. The molecule has 0 radical (unpaired) electrons. The summed E-state index contributed by atoms with van der Waals surface area (Å²) in [7, 11) is 0. The number of fused-ring (bicyclic) bond motifs is 1. The van der Waals surface area contributed by atoms with Gasteiger partial charge in [-0.05, 0) is 25.0 Å². The van der Waals surface area contributed by atoms with Crippen molar-refractivity contribution in [3.63, 3.8) is 0 Å². The van der Waals surface area contributed by atoms with Gasteiger partial charge in [-0.2, -0.15) is 0 Å². The van der Waals surface area contributed by atoms with E-state index in [2.05, 4.69) is 26.3 Å². The van der Waals surface area contributed by atoms with Crippen molar-refractivity contribution >= 4 is 28.2 Å². The lowest BCUT2D eigenvalue weighted by molar-refractivity contribution is 0.278. The van der Waals surface area contributed by atoms with Crippen molar-refractivity contribution in [2.24, 2.45) is 0 Å². The lowest BCUT2D eigenvalue weighted by atomic mass is 10.1. The summed E-state index contributed by atoms with van der Waals surface area (Å²) in [5.74, 6) is 0.901. The minimum atomic E-state index is -0.0228. The second-order valence-electron chi connectivity index (χ2n) is 5.72.